The summed E-state index contributed by atoms with van der Waals surface area (Å²) >= 11 is 1.43. The summed E-state index contributed by atoms with van der Waals surface area (Å²) < 4.78 is 7.13. The smallest absolute Gasteiger partial charge is 0.337 e. The Labute approximate surface area is 167 Å². The Kier molecular flexibility index (Phi) is 6.70. The van der Waals surface area contributed by atoms with Crippen molar-refractivity contribution < 1.29 is 14.3 Å². The van der Waals surface area contributed by atoms with Gasteiger partial charge in [0.05, 0.1) is 18.7 Å². The highest BCUT2D eigenvalue weighted by molar-refractivity contribution is 7.99. The molecule has 2 amide bonds. The molecule has 0 aliphatic carbocycles. The monoisotopic (exact) mass is 401 g/mol. The van der Waals surface area contributed by atoms with Gasteiger partial charge < -0.3 is 19.9 Å². The van der Waals surface area contributed by atoms with E-state index < -0.39 is 5.97 Å². The molecule has 1 aromatic carbocycles. The van der Waals surface area contributed by atoms with Crippen molar-refractivity contribution >= 4 is 23.8 Å². The molecule has 1 aromatic heterocycles. The third kappa shape index (κ3) is 4.72. The Morgan fingerprint density at radius 3 is 2.75 bits per heavy atom. The van der Waals surface area contributed by atoms with E-state index in [9.17, 15) is 9.59 Å². The second-order valence-electron chi connectivity index (χ2n) is 6.08. The molecule has 1 aliphatic heterocycles. The number of benzene rings is 1. The zero-order chi connectivity index (χ0) is 19.9. The molecular weight excluding hydrogens is 378 g/mol. The summed E-state index contributed by atoms with van der Waals surface area (Å²) in [6.45, 7) is 4.95. The van der Waals surface area contributed by atoms with Crippen LogP contribution in [-0.4, -0.2) is 45.7 Å². The number of carbonyl (C=O) groups excluding carboxylic acids is 2. The van der Waals surface area contributed by atoms with Crippen molar-refractivity contribution in [1.82, 2.24) is 25.4 Å². The summed E-state index contributed by atoms with van der Waals surface area (Å²) in [5, 5.41) is 14.7. The van der Waals surface area contributed by atoms with Gasteiger partial charge in [0.15, 0.2) is 5.16 Å². The molecule has 2 N–H and O–H groups in total. The zero-order valence-corrected chi connectivity index (χ0v) is 16.7. The Balaban J connectivity index is 1.75. The van der Waals surface area contributed by atoms with Gasteiger partial charge in [0.2, 0.25) is 0 Å². The molecule has 3 rings (SSSR count). The molecule has 9 heteroatoms. The normalized spacial score (nSPS) is 13.9. The lowest BCUT2D eigenvalue weighted by atomic mass is 10.1. The summed E-state index contributed by atoms with van der Waals surface area (Å²) in [7, 11) is 0. The highest BCUT2D eigenvalue weighted by Crippen LogP contribution is 2.22. The van der Waals surface area contributed by atoms with E-state index in [0.717, 1.165) is 17.5 Å². The van der Waals surface area contributed by atoms with Gasteiger partial charge >= 0.3 is 12.0 Å². The Morgan fingerprint density at radius 2 is 2.04 bits per heavy atom. The van der Waals surface area contributed by atoms with Crippen molar-refractivity contribution in [2.24, 2.45) is 0 Å². The number of ether oxygens (including phenoxy) is 1. The molecule has 28 heavy (non-hydrogen) atoms. The second kappa shape index (κ2) is 9.41. The van der Waals surface area contributed by atoms with E-state index >= 15 is 0 Å². The van der Waals surface area contributed by atoms with E-state index in [1.165, 1.54) is 17.3 Å². The summed E-state index contributed by atoms with van der Waals surface area (Å²) in [6, 6.07) is 9.77. The predicted octanol–water partition coefficient (Wildman–Crippen LogP) is 2.11. The number of esters is 1. The first-order valence-electron chi connectivity index (χ1n) is 9.15. The maximum atomic E-state index is 12.1. The molecule has 2 heterocycles. The minimum absolute atomic E-state index is 0.153. The number of hydrogen-bond donors (Lipinski definition) is 2. The number of rotatable bonds is 8. The van der Waals surface area contributed by atoms with Crippen molar-refractivity contribution in [3.8, 4) is 0 Å². The van der Waals surface area contributed by atoms with Crippen molar-refractivity contribution in [3.63, 3.8) is 0 Å². The van der Waals surface area contributed by atoms with Crippen LogP contribution in [0.25, 0.3) is 0 Å². The molecule has 8 nitrogen and oxygen atoms in total. The van der Waals surface area contributed by atoms with Crippen molar-refractivity contribution in [2.45, 2.75) is 32.0 Å². The van der Waals surface area contributed by atoms with Gasteiger partial charge in [-0.05, 0) is 19.4 Å². The fourth-order valence-corrected chi connectivity index (χ4v) is 3.87. The molecule has 1 aliphatic rings. The van der Waals surface area contributed by atoms with Crippen molar-refractivity contribution in [1.29, 1.82) is 0 Å². The lowest BCUT2D eigenvalue weighted by Crippen LogP contribution is -2.44. The van der Waals surface area contributed by atoms with E-state index in [2.05, 4.69) is 33.0 Å². The maximum Gasteiger partial charge on any atom is 0.337 e. The van der Waals surface area contributed by atoms with Crippen LogP contribution in [0.4, 0.5) is 4.79 Å². The fourth-order valence-electron chi connectivity index (χ4n) is 2.86. The third-order valence-electron chi connectivity index (χ3n) is 4.24. The van der Waals surface area contributed by atoms with Gasteiger partial charge in [-0.15, -0.1) is 10.2 Å². The number of thioether (sulfide) groups is 1. The molecule has 0 bridgehead atoms. The Bertz CT molecular complexity index is 879. The van der Waals surface area contributed by atoms with E-state index in [-0.39, 0.29) is 19.2 Å². The van der Waals surface area contributed by atoms with Crippen LogP contribution in [0, 0.1) is 0 Å². The molecule has 2 aromatic rings. The standard InChI is InChI=1S/C19H23N5O3S/c1-3-24-16(10-13-8-6-5-7-9-13)22-23-19(24)28-12-15-14(17(25)27-4-2)11-20-18(26)21-15/h5-9H,3-4,10-12H2,1-2H3,(H2,20,21,26). The van der Waals surface area contributed by atoms with Crippen LogP contribution >= 0.6 is 11.8 Å². The molecule has 0 saturated heterocycles. The number of nitrogens with zero attached hydrogens (tertiary/aromatic N) is 3. The lowest BCUT2D eigenvalue weighted by molar-refractivity contribution is -0.138. The predicted molar refractivity (Wildman–Crippen MR) is 106 cm³/mol. The minimum atomic E-state index is -0.424. The molecule has 0 atom stereocenters. The number of amides is 2. The van der Waals surface area contributed by atoms with E-state index in [1.54, 1.807) is 6.92 Å². The zero-order valence-electron chi connectivity index (χ0n) is 15.9. The second-order valence-corrected chi connectivity index (χ2v) is 7.02. The van der Waals surface area contributed by atoms with Gasteiger partial charge in [-0.2, -0.15) is 0 Å². The van der Waals surface area contributed by atoms with Gasteiger partial charge in [-0.3, -0.25) is 0 Å². The van der Waals surface area contributed by atoms with Crippen LogP contribution in [0.5, 0.6) is 0 Å². The topological polar surface area (TPSA) is 98.1 Å². The number of carbonyl (C=O) groups is 2. The molecule has 0 saturated carbocycles. The van der Waals surface area contributed by atoms with Gasteiger partial charge in [0.1, 0.15) is 5.82 Å². The molecular formula is C19H23N5O3S. The summed E-state index contributed by atoms with van der Waals surface area (Å²) in [5.41, 5.74) is 2.14. The summed E-state index contributed by atoms with van der Waals surface area (Å²) in [6.07, 6.45) is 0.694. The van der Waals surface area contributed by atoms with Gasteiger partial charge in [-0.1, -0.05) is 42.1 Å². The fraction of sp³-hybridized carbons (Fsp3) is 0.368. The van der Waals surface area contributed by atoms with E-state index in [1.807, 2.05) is 29.7 Å². The van der Waals surface area contributed by atoms with Gasteiger partial charge in [-0.25, -0.2) is 9.59 Å². The van der Waals surface area contributed by atoms with Crippen LogP contribution in [0.15, 0.2) is 46.8 Å². The van der Waals surface area contributed by atoms with Crippen LogP contribution < -0.4 is 10.6 Å². The number of nitrogens with one attached hydrogen (secondary N) is 2. The van der Waals surface area contributed by atoms with Crippen LogP contribution in [0.1, 0.15) is 25.2 Å². The highest BCUT2D eigenvalue weighted by atomic mass is 32.2. The quantitative estimate of drug-likeness (QED) is 0.519. The Hall–Kier alpha value is -2.81. The largest absolute Gasteiger partial charge is 0.463 e. The van der Waals surface area contributed by atoms with Gasteiger partial charge in [0, 0.05) is 24.4 Å². The third-order valence-corrected chi connectivity index (χ3v) is 5.23. The highest BCUT2D eigenvalue weighted by Gasteiger charge is 2.24. The molecule has 148 valence electrons. The molecule has 0 fully saturated rings. The first-order valence-corrected chi connectivity index (χ1v) is 10.1. The lowest BCUT2D eigenvalue weighted by Gasteiger charge is -2.21. The van der Waals surface area contributed by atoms with Crippen molar-refractivity contribution in [2.75, 3.05) is 18.9 Å². The first-order chi connectivity index (χ1) is 13.6. The number of aromatic nitrogens is 3. The number of hydrogen-bond acceptors (Lipinski definition) is 6. The minimum Gasteiger partial charge on any atom is -0.463 e. The molecule has 0 unspecified atom stereocenters. The van der Waals surface area contributed by atoms with E-state index in [4.69, 9.17) is 4.74 Å². The maximum absolute atomic E-state index is 12.1. The first kappa shape index (κ1) is 19.9. The Morgan fingerprint density at radius 1 is 1.25 bits per heavy atom. The van der Waals surface area contributed by atoms with Crippen molar-refractivity contribution in [3.05, 3.63) is 53.0 Å². The van der Waals surface area contributed by atoms with Crippen LogP contribution in [-0.2, 0) is 22.5 Å². The summed E-state index contributed by atoms with van der Waals surface area (Å²) in [4.78, 5) is 23.8. The number of urea groups is 1. The SMILES string of the molecule is CCOC(=O)C1=C(CSc2nnc(Cc3ccccc3)n2CC)NC(=O)NC1. The molecule has 0 radical (unpaired) electrons. The molecule has 0 spiro atoms. The average Bonchev–Trinajstić information content (AvgIpc) is 3.08. The van der Waals surface area contributed by atoms with Gasteiger partial charge in [0.25, 0.3) is 0 Å². The van der Waals surface area contributed by atoms with Crippen LogP contribution in [0.2, 0.25) is 0 Å². The average molecular weight is 401 g/mol. The summed E-state index contributed by atoms with van der Waals surface area (Å²) in [5.74, 6) is 0.850. The van der Waals surface area contributed by atoms with Crippen LogP contribution in [0.3, 0.4) is 0 Å². The van der Waals surface area contributed by atoms with E-state index in [0.29, 0.717) is 23.4 Å².